The lowest BCUT2D eigenvalue weighted by Gasteiger charge is -2.05. The van der Waals surface area contributed by atoms with E-state index in [1.807, 2.05) is 0 Å². The average molecular weight is 260 g/mol. The number of halogens is 2. The zero-order valence-corrected chi connectivity index (χ0v) is 9.50. The average Bonchev–Trinajstić information content (AvgIpc) is 2.66. The first-order valence-corrected chi connectivity index (χ1v) is 5.06. The smallest absolute Gasteiger partial charge is 0.312 e. The molecule has 0 aliphatic carbocycles. The van der Waals surface area contributed by atoms with Gasteiger partial charge in [-0.1, -0.05) is 28.3 Å². The van der Waals surface area contributed by atoms with Gasteiger partial charge in [0.2, 0.25) is 0 Å². The van der Waals surface area contributed by atoms with Gasteiger partial charge < -0.3 is 14.9 Å². The monoisotopic (exact) mass is 259 g/mol. The van der Waals surface area contributed by atoms with Crippen molar-refractivity contribution >= 4 is 29.2 Å². The van der Waals surface area contributed by atoms with Crippen molar-refractivity contribution in [1.29, 1.82) is 0 Å². The van der Waals surface area contributed by atoms with E-state index < -0.39 is 0 Å². The largest absolute Gasteiger partial charge is 0.482 e. The van der Waals surface area contributed by atoms with E-state index in [0.717, 1.165) is 0 Å². The molecule has 1 aromatic heterocycles. The highest BCUT2D eigenvalue weighted by molar-refractivity contribution is 6.34. The number of anilines is 1. The van der Waals surface area contributed by atoms with Crippen LogP contribution in [0, 0.1) is 0 Å². The van der Waals surface area contributed by atoms with Crippen LogP contribution in [0.5, 0.6) is 5.75 Å². The van der Waals surface area contributed by atoms with Gasteiger partial charge in [-0.15, -0.1) is 5.10 Å². The predicted molar refractivity (Wildman–Crippen MR) is 59.5 cm³/mol. The fraction of sp³-hybridized carbons (Fsp3) is 0.111. The summed E-state index contributed by atoms with van der Waals surface area (Å²) in [5, 5.41) is 8.12. The molecule has 5 nitrogen and oxygen atoms in total. The van der Waals surface area contributed by atoms with E-state index >= 15 is 0 Å². The Morgan fingerprint density at radius 2 is 2.12 bits per heavy atom. The van der Waals surface area contributed by atoms with Gasteiger partial charge in [-0.25, -0.2) is 0 Å². The SMILES string of the molecule is Nc1nnc(COc2cc(Cl)ccc2Cl)o1. The summed E-state index contributed by atoms with van der Waals surface area (Å²) < 4.78 is 10.3. The van der Waals surface area contributed by atoms with E-state index in [0.29, 0.717) is 15.8 Å². The molecule has 0 radical (unpaired) electrons. The highest BCUT2D eigenvalue weighted by Gasteiger charge is 2.06. The second-order valence-corrected chi connectivity index (χ2v) is 3.74. The van der Waals surface area contributed by atoms with E-state index in [4.69, 9.17) is 38.1 Å². The number of ether oxygens (including phenoxy) is 1. The first-order valence-electron chi connectivity index (χ1n) is 4.31. The van der Waals surface area contributed by atoms with Gasteiger partial charge in [-0.3, -0.25) is 0 Å². The highest BCUT2D eigenvalue weighted by Crippen LogP contribution is 2.28. The van der Waals surface area contributed by atoms with E-state index in [-0.39, 0.29) is 18.5 Å². The van der Waals surface area contributed by atoms with Crippen LogP contribution in [-0.4, -0.2) is 10.2 Å². The standard InChI is InChI=1S/C9H7Cl2N3O2/c10-5-1-2-6(11)7(3-5)15-4-8-13-14-9(12)16-8/h1-3H,4H2,(H2,12,14). The minimum absolute atomic E-state index is 0.00390. The van der Waals surface area contributed by atoms with Crippen molar-refractivity contribution in [2.75, 3.05) is 5.73 Å². The second-order valence-electron chi connectivity index (χ2n) is 2.90. The van der Waals surface area contributed by atoms with Crippen LogP contribution in [-0.2, 0) is 6.61 Å². The van der Waals surface area contributed by atoms with Crippen molar-refractivity contribution in [2.45, 2.75) is 6.61 Å². The maximum absolute atomic E-state index is 5.89. The normalized spacial score (nSPS) is 10.4. The number of benzene rings is 1. The Bertz CT molecular complexity index is 501. The minimum Gasteiger partial charge on any atom is -0.482 e. The predicted octanol–water partition coefficient (Wildman–Crippen LogP) is 2.54. The number of nitrogens with zero attached hydrogens (tertiary/aromatic N) is 2. The Balaban J connectivity index is 2.07. The summed E-state index contributed by atoms with van der Waals surface area (Å²) in [6.07, 6.45) is 0. The fourth-order valence-corrected chi connectivity index (χ4v) is 1.39. The molecule has 2 N–H and O–H groups in total. The molecule has 0 atom stereocenters. The molecule has 2 aromatic rings. The lowest BCUT2D eigenvalue weighted by atomic mass is 10.3. The maximum Gasteiger partial charge on any atom is 0.312 e. The molecule has 0 amide bonds. The molecule has 2 rings (SSSR count). The van der Waals surface area contributed by atoms with Crippen molar-refractivity contribution in [3.63, 3.8) is 0 Å². The molecule has 0 aliphatic heterocycles. The number of nitrogen functional groups attached to an aromatic ring is 1. The van der Waals surface area contributed by atoms with Crippen LogP contribution in [0.4, 0.5) is 6.01 Å². The molecule has 0 spiro atoms. The van der Waals surface area contributed by atoms with Crippen LogP contribution in [0.2, 0.25) is 10.0 Å². The van der Waals surface area contributed by atoms with E-state index in [1.165, 1.54) is 0 Å². The molecule has 0 unspecified atom stereocenters. The van der Waals surface area contributed by atoms with Crippen LogP contribution < -0.4 is 10.5 Å². The van der Waals surface area contributed by atoms with Crippen molar-refractivity contribution in [3.8, 4) is 5.75 Å². The van der Waals surface area contributed by atoms with Crippen LogP contribution in [0.3, 0.4) is 0 Å². The molecule has 0 bridgehead atoms. The van der Waals surface area contributed by atoms with Crippen LogP contribution >= 0.6 is 23.2 Å². The Kier molecular flexibility index (Phi) is 3.17. The first-order chi connectivity index (χ1) is 7.65. The zero-order chi connectivity index (χ0) is 11.5. The first kappa shape index (κ1) is 11.0. The third-order valence-electron chi connectivity index (χ3n) is 1.73. The van der Waals surface area contributed by atoms with Gasteiger partial charge >= 0.3 is 6.01 Å². The van der Waals surface area contributed by atoms with Crippen LogP contribution in [0.25, 0.3) is 0 Å². The molecule has 0 aliphatic rings. The van der Waals surface area contributed by atoms with E-state index in [2.05, 4.69) is 10.2 Å². The molecule has 0 saturated heterocycles. The summed E-state index contributed by atoms with van der Waals surface area (Å²) in [6.45, 7) is 0.0876. The molecular formula is C9H7Cl2N3O2. The van der Waals surface area contributed by atoms with Gasteiger partial charge in [-0.2, -0.15) is 0 Å². The Morgan fingerprint density at radius 3 is 2.81 bits per heavy atom. The molecule has 16 heavy (non-hydrogen) atoms. The van der Waals surface area contributed by atoms with Gasteiger partial charge in [0.1, 0.15) is 5.75 Å². The maximum atomic E-state index is 5.89. The number of hydrogen-bond acceptors (Lipinski definition) is 5. The highest BCUT2D eigenvalue weighted by atomic mass is 35.5. The summed E-state index contributed by atoms with van der Waals surface area (Å²) in [4.78, 5) is 0. The molecule has 84 valence electrons. The number of aromatic nitrogens is 2. The Hall–Kier alpha value is -1.46. The van der Waals surface area contributed by atoms with E-state index in [1.54, 1.807) is 18.2 Å². The fourth-order valence-electron chi connectivity index (χ4n) is 1.05. The lowest BCUT2D eigenvalue weighted by Crippen LogP contribution is -1.96. The summed E-state index contributed by atoms with van der Waals surface area (Å²) in [7, 11) is 0. The van der Waals surface area contributed by atoms with Crippen molar-refractivity contribution < 1.29 is 9.15 Å². The molecule has 1 aromatic carbocycles. The molecule has 7 heteroatoms. The van der Waals surface area contributed by atoms with Crippen LogP contribution in [0.15, 0.2) is 22.6 Å². The quantitative estimate of drug-likeness (QED) is 0.917. The third-order valence-corrected chi connectivity index (χ3v) is 2.27. The summed E-state index contributed by atoms with van der Waals surface area (Å²) >= 11 is 11.7. The molecular weight excluding hydrogens is 253 g/mol. The molecule has 1 heterocycles. The summed E-state index contributed by atoms with van der Waals surface area (Å²) in [6, 6.07) is 4.91. The van der Waals surface area contributed by atoms with Crippen molar-refractivity contribution in [2.24, 2.45) is 0 Å². The van der Waals surface area contributed by atoms with Gasteiger partial charge in [0.15, 0.2) is 6.61 Å². The minimum atomic E-state index is -0.00390. The van der Waals surface area contributed by atoms with Crippen LogP contribution in [0.1, 0.15) is 5.89 Å². The molecule has 0 saturated carbocycles. The van der Waals surface area contributed by atoms with Gasteiger partial charge in [0.25, 0.3) is 5.89 Å². The summed E-state index contributed by atoms with van der Waals surface area (Å²) in [5.41, 5.74) is 5.26. The topological polar surface area (TPSA) is 74.2 Å². The Labute approximate surface area is 101 Å². The molecule has 0 fully saturated rings. The van der Waals surface area contributed by atoms with Crippen molar-refractivity contribution in [1.82, 2.24) is 10.2 Å². The van der Waals surface area contributed by atoms with Gasteiger partial charge in [0, 0.05) is 11.1 Å². The zero-order valence-electron chi connectivity index (χ0n) is 7.98. The van der Waals surface area contributed by atoms with E-state index in [9.17, 15) is 0 Å². The number of rotatable bonds is 3. The second kappa shape index (κ2) is 4.59. The lowest BCUT2D eigenvalue weighted by molar-refractivity contribution is 0.265. The summed E-state index contributed by atoms with van der Waals surface area (Å²) in [5.74, 6) is 0.722. The number of nitrogens with two attached hydrogens (primary N) is 1. The Morgan fingerprint density at radius 1 is 1.31 bits per heavy atom. The van der Waals surface area contributed by atoms with Gasteiger partial charge in [-0.05, 0) is 12.1 Å². The van der Waals surface area contributed by atoms with Crippen molar-refractivity contribution in [3.05, 3.63) is 34.1 Å². The third kappa shape index (κ3) is 2.56. The number of hydrogen-bond donors (Lipinski definition) is 1. The van der Waals surface area contributed by atoms with Gasteiger partial charge in [0.05, 0.1) is 5.02 Å².